The summed E-state index contributed by atoms with van der Waals surface area (Å²) < 4.78 is 0. The van der Waals surface area contributed by atoms with Crippen LogP contribution >= 0.6 is 0 Å². The summed E-state index contributed by atoms with van der Waals surface area (Å²) in [6, 6.07) is 0. The first-order chi connectivity index (χ1) is 10.7. The number of nitrogens with one attached hydrogen (secondary N) is 2. The Morgan fingerprint density at radius 2 is 1.61 bits per heavy atom. The Kier molecular flexibility index (Phi) is 7.98. The molecule has 2 saturated heterocycles. The Labute approximate surface area is 141 Å². The summed E-state index contributed by atoms with van der Waals surface area (Å²) in [7, 11) is 0. The second-order valence-electron chi connectivity index (χ2n) is 8.34. The second kappa shape index (κ2) is 9.00. The van der Waals surface area contributed by atoms with E-state index in [4.69, 9.17) is 10.2 Å². The molecule has 136 valence electrons. The molecule has 0 bridgehead atoms. The van der Waals surface area contributed by atoms with Crippen molar-refractivity contribution < 1.29 is 15.0 Å². The Morgan fingerprint density at radius 3 is 2.04 bits per heavy atom. The molecule has 2 fully saturated rings. The van der Waals surface area contributed by atoms with E-state index in [0.717, 1.165) is 38.1 Å². The Hall–Kier alpha value is -0.650. The Bertz CT molecular complexity index is 369. The minimum Gasteiger partial charge on any atom is -0.396 e. The average molecular weight is 328 g/mol. The lowest BCUT2D eigenvalue weighted by Gasteiger charge is -2.17. The van der Waals surface area contributed by atoms with Crippen molar-refractivity contribution in [1.29, 1.82) is 0 Å². The number of rotatable bonds is 6. The van der Waals surface area contributed by atoms with E-state index in [1.807, 2.05) is 13.8 Å². The summed E-state index contributed by atoms with van der Waals surface area (Å²) in [6.07, 6.45) is 5.83. The van der Waals surface area contributed by atoms with Crippen molar-refractivity contribution in [1.82, 2.24) is 10.6 Å². The molecule has 0 aromatic carbocycles. The molecule has 2 aliphatic rings. The zero-order chi connectivity index (χ0) is 17.5. The second-order valence-corrected chi connectivity index (χ2v) is 8.34. The maximum Gasteiger partial charge on any atom is 0.223 e. The summed E-state index contributed by atoms with van der Waals surface area (Å²) in [5, 5.41) is 23.7. The molecular weight excluding hydrogens is 292 g/mol. The molecule has 1 amide bonds. The molecule has 0 aliphatic carbocycles. The van der Waals surface area contributed by atoms with Gasteiger partial charge in [0.05, 0.1) is 0 Å². The molecule has 23 heavy (non-hydrogen) atoms. The fraction of sp³-hybridized carbons (Fsp3) is 0.944. The van der Waals surface area contributed by atoms with Crippen LogP contribution in [0.1, 0.15) is 66.2 Å². The highest BCUT2D eigenvalue weighted by Gasteiger charge is 2.36. The molecule has 0 aromatic rings. The van der Waals surface area contributed by atoms with Crippen LogP contribution in [0.4, 0.5) is 0 Å². The summed E-state index contributed by atoms with van der Waals surface area (Å²) >= 11 is 0. The van der Waals surface area contributed by atoms with E-state index in [9.17, 15) is 4.79 Å². The van der Waals surface area contributed by atoms with Gasteiger partial charge in [0, 0.05) is 30.2 Å². The first-order valence-electron chi connectivity index (χ1n) is 8.98. The van der Waals surface area contributed by atoms with Crippen molar-refractivity contribution in [3.05, 3.63) is 0 Å². The minimum atomic E-state index is -0.0444. The normalized spacial score (nSPS) is 28.2. The van der Waals surface area contributed by atoms with Gasteiger partial charge in [-0.1, -0.05) is 0 Å². The number of carbonyl (C=O) groups excluding carboxylic acids is 1. The Balaban J connectivity index is 0.000000231. The van der Waals surface area contributed by atoms with E-state index >= 15 is 0 Å². The molecule has 2 rings (SSSR count). The van der Waals surface area contributed by atoms with Crippen molar-refractivity contribution >= 4 is 5.91 Å². The van der Waals surface area contributed by atoms with E-state index in [1.165, 1.54) is 12.8 Å². The van der Waals surface area contributed by atoms with Gasteiger partial charge in [-0.25, -0.2) is 0 Å². The molecule has 0 saturated carbocycles. The highest BCUT2D eigenvalue weighted by atomic mass is 16.3. The Morgan fingerprint density at radius 1 is 1.00 bits per heavy atom. The first kappa shape index (κ1) is 20.4. The van der Waals surface area contributed by atoms with Crippen LogP contribution in [0.5, 0.6) is 0 Å². The SMILES string of the molecule is CC1(C)CC(CCCO)C(=O)N1.CC1(C)CC(CCCO)CN1. The smallest absolute Gasteiger partial charge is 0.223 e. The average Bonchev–Trinajstić information content (AvgIpc) is 2.93. The van der Waals surface area contributed by atoms with Crippen LogP contribution in [0, 0.1) is 11.8 Å². The number of hydrogen-bond donors (Lipinski definition) is 4. The van der Waals surface area contributed by atoms with Gasteiger partial charge in [0.1, 0.15) is 0 Å². The van der Waals surface area contributed by atoms with Crippen LogP contribution in [-0.2, 0) is 4.79 Å². The number of hydrogen-bond acceptors (Lipinski definition) is 4. The van der Waals surface area contributed by atoms with Crippen molar-refractivity contribution in [2.24, 2.45) is 11.8 Å². The van der Waals surface area contributed by atoms with E-state index in [0.29, 0.717) is 12.1 Å². The van der Waals surface area contributed by atoms with E-state index in [1.54, 1.807) is 0 Å². The summed E-state index contributed by atoms with van der Waals surface area (Å²) in [5.41, 5.74) is 0.289. The molecule has 5 nitrogen and oxygen atoms in total. The predicted molar refractivity (Wildman–Crippen MR) is 93.2 cm³/mol. The molecule has 2 heterocycles. The molecule has 5 heteroatoms. The summed E-state index contributed by atoms with van der Waals surface area (Å²) in [5.74, 6) is 1.05. The predicted octanol–water partition coefficient (Wildman–Crippen LogP) is 1.82. The highest BCUT2D eigenvalue weighted by molar-refractivity contribution is 5.81. The lowest BCUT2D eigenvalue weighted by atomic mass is 9.93. The van der Waals surface area contributed by atoms with Crippen molar-refractivity contribution in [3.8, 4) is 0 Å². The fourth-order valence-corrected chi connectivity index (χ4v) is 3.64. The largest absolute Gasteiger partial charge is 0.396 e. The zero-order valence-corrected chi connectivity index (χ0v) is 15.3. The molecule has 4 N–H and O–H groups in total. The van der Waals surface area contributed by atoms with Gasteiger partial charge in [0.15, 0.2) is 0 Å². The van der Waals surface area contributed by atoms with Gasteiger partial charge >= 0.3 is 0 Å². The fourth-order valence-electron chi connectivity index (χ4n) is 3.64. The molecular formula is C18H36N2O3. The van der Waals surface area contributed by atoms with E-state index in [2.05, 4.69) is 24.5 Å². The first-order valence-corrected chi connectivity index (χ1v) is 8.98. The maximum atomic E-state index is 11.3. The number of amides is 1. The van der Waals surface area contributed by atoms with Crippen LogP contribution in [0.25, 0.3) is 0 Å². The molecule has 0 aromatic heterocycles. The third-order valence-corrected chi connectivity index (χ3v) is 4.74. The molecule has 2 atom stereocenters. The van der Waals surface area contributed by atoms with E-state index < -0.39 is 0 Å². The van der Waals surface area contributed by atoms with Gasteiger partial charge in [-0.05, 0) is 78.7 Å². The van der Waals surface area contributed by atoms with Crippen molar-refractivity contribution in [2.75, 3.05) is 19.8 Å². The minimum absolute atomic E-state index is 0.0444. The quantitative estimate of drug-likeness (QED) is 0.599. The monoisotopic (exact) mass is 328 g/mol. The third kappa shape index (κ3) is 7.64. The maximum absolute atomic E-state index is 11.3. The molecule has 0 radical (unpaired) electrons. The number of aliphatic hydroxyl groups is 2. The highest BCUT2D eigenvalue weighted by Crippen LogP contribution is 2.27. The van der Waals surface area contributed by atoms with E-state index in [-0.39, 0.29) is 24.0 Å². The van der Waals surface area contributed by atoms with Gasteiger partial charge in [-0.15, -0.1) is 0 Å². The van der Waals surface area contributed by atoms with Gasteiger partial charge in [0.25, 0.3) is 0 Å². The van der Waals surface area contributed by atoms with Gasteiger partial charge in [-0.2, -0.15) is 0 Å². The zero-order valence-electron chi connectivity index (χ0n) is 15.3. The molecule has 2 aliphatic heterocycles. The summed E-state index contributed by atoms with van der Waals surface area (Å²) in [6.45, 7) is 10.2. The molecule has 0 spiro atoms. The van der Waals surface area contributed by atoms with Gasteiger partial charge < -0.3 is 20.8 Å². The van der Waals surface area contributed by atoms with Crippen LogP contribution in [-0.4, -0.2) is 47.0 Å². The van der Waals surface area contributed by atoms with Crippen LogP contribution in [0.15, 0.2) is 0 Å². The summed E-state index contributed by atoms with van der Waals surface area (Å²) in [4.78, 5) is 11.3. The van der Waals surface area contributed by atoms with Crippen LogP contribution in [0.2, 0.25) is 0 Å². The number of aliphatic hydroxyl groups excluding tert-OH is 2. The molecule has 2 unspecified atom stereocenters. The standard InChI is InChI=1S/C9H17NO2.C9H19NO/c1-9(2)6-7(4-3-5-11)8(12)10-9;1-9(2)6-8(7-10-9)4-3-5-11/h7,11H,3-6H2,1-2H3,(H,10,12);8,10-11H,3-7H2,1-2H3. The topological polar surface area (TPSA) is 81.6 Å². The van der Waals surface area contributed by atoms with Crippen LogP contribution < -0.4 is 10.6 Å². The lowest BCUT2D eigenvalue weighted by Crippen LogP contribution is -2.34. The van der Waals surface area contributed by atoms with Gasteiger partial charge in [0.2, 0.25) is 5.91 Å². The van der Waals surface area contributed by atoms with Crippen molar-refractivity contribution in [2.45, 2.75) is 77.3 Å². The third-order valence-electron chi connectivity index (χ3n) is 4.74. The van der Waals surface area contributed by atoms with Crippen molar-refractivity contribution in [3.63, 3.8) is 0 Å². The number of carbonyl (C=O) groups is 1. The van der Waals surface area contributed by atoms with Crippen LogP contribution in [0.3, 0.4) is 0 Å². The lowest BCUT2D eigenvalue weighted by molar-refractivity contribution is -0.123. The van der Waals surface area contributed by atoms with Gasteiger partial charge in [-0.3, -0.25) is 4.79 Å².